The maximum Gasteiger partial charge on any atom is 0.439 e. The fourth-order valence-corrected chi connectivity index (χ4v) is 3.88. The number of halogens is 6. The van der Waals surface area contributed by atoms with E-state index < -0.39 is 49.7 Å². The molecular formula is C18H16F6O7S2. The van der Waals surface area contributed by atoms with E-state index in [1.54, 1.807) is 36.4 Å². The molecule has 0 unspecified atom stereocenters. The minimum atomic E-state index is -7.09. The van der Waals surface area contributed by atoms with Crippen molar-refractivity contribution in [2.75, 3.05) is 13.2 Å². The lowest BCUT2D eigenvalue weighted by molar-refractivity contribution is -0.248. The zero-order chi connectivity index (χ0) is 25.3. The van der Waals surface area contributed by atoms with Crippen LogP contribution in [-0.4, -0.2) is 51.0 Å². The predicted octanol–water partition coefficient (Wildman–Crippen LogP) is 4.31. The Kier molecular flexibility index (Phi) is 7.43. The second kappa shape index (κ2) is 9.12. The van der Waals surface area contributed by atoms with Crippen molar-refractivity contribution in [3.8, 4) is 5.75 Å². The van der Waals surface area contributed by atoms with Gasteiger partial charge in [-0.1, -0.05) is 30.9 Å². The van der Waals surface area contributed by atoms with Crippen molar-refractivity contribution >= 4 is 37.1 Å². The highest BCUT2D eigenvalue weighted by Crippen LogP contribution is 2.50. The van der Waals surface area contributed by atoms with Crippen LogP contribution in [0.2, 0.25) is 0 Å². The molecule has 0 bridgehead atoms. The van der Waals surface area contributed by atoms with Gasteiger partial charge < -0.3 is 4.74 Å². The van der Waals surface area contributed by atoms with Crippen LogP contribution < -0.4 is 4.74 Å². The van der Waals surface area contributed by atoms with Gasteiger partial charge in [0.2, 0.25) is 0 Å². The van der Waals surface area contributed by atoms with Gasteiger partial charge in [-0.15, -0.1) is 0 Å². The number of benzene rings is 2. The summed E-state index contributed by atoms with van der Waals surface area (Å²) in [6, 6.07) is 10.2. The van der Waals surface area contributed by atoms with E-state index in [2.05, 4.69) is 10.8 Å². The summed E-state index contributed by atoms with van der Waals surface area (Å²) in [5, 5.41) is -11.9. The molecular weight excluding hydrogens is 506 g/mol. The first-order valence-corrected chi connectivity index (χ1v) is 11.6. The molecule has 0 aliphatic rings. The van der Waals surface area contributed by atoms with Gasteiger partial charge in [-0.05, 0) is 34.5 Å². The normalized spacial score (nSPS) is 13.8. The van der Waals surface area contributed by atoms with Crippen LogP contribution >= 0.6 is 0 Å². The van der Waals surface area contributed by atoms with Crippen molar-refractivity contribution in [2.45, 2.75) is 22.9 Å². The van der Waals surface area contributed by atoms with E-state index in [-0.39, 0.29) is 6.61 Å². The molecule has 0 atom stereocenters. The van der Waals surface area contributed by atoms with E-state index in [0.29, 0.717) is 5.75 Å². The van der Waals surface area contributed by atoms with Crippen LogP contribution in [-0.2, 0) is 24.4 Å². The minimum absolute atomic E-state index is 0.293. The summed E-state index contributed by atoms with van der Waals surface area (Å²) >= 11 is 0. The van der Waals surface area contributed by atoms with Gasteiger partial charge in [0.1, 0.15) is 5.75 Å². The lowest BCUT2D eigenvalue weighted by Crippen LogP contribution is -2.60. The topological polar surface area (TPSA) is 107 Å². The smallest absolute Gasteiger partial charge is 0.439 e. The summed E-state index contributed by atoms with van der Waals surface area (Å²) in [7, 11) is -13.8. The maximum atomic E-state index is 13.6. The molecule has 33 heavy (non-hydrogen) atoms. The molecule has 0 saturated heterocycles. The first kappa shape index (κ1) is 26.9. The highest BCUT2D eigenvalue weighted by molar-refractivity contribution is 7.88. The van der Waals surface area contributed by atoms with Crippen molar-refractivity contribution in [2.24, 2.45) is 0 Å². The zero-order valence-electron chi connectivity index (χ0n) is 16.4. The van der Waals surface area contributed by atoms with Crippen LogP contribution in [0.15, 0.2) is 43.0 Å². The molecule has 0 heterocycles. The summed E-state index contributed by atoms with van der Waals surface area (Å²) < 4.78 is 141. The summed E-state index contributed by atoms with van der Waals surface area (Å²) in [5.74, 6) is -6.75. The second-order valence-electron chi connectivity index (χ2n) is 6.53. The van der Waals surface area contributed by atoms with Crippen LogP contribution in [0.25, 0.3) is 16.8 Å². The second-order valence-corrected chi connectivity index (χ2v) is 9.65. The molecule has 1 N–H and O–H groups in total. The molecule has 2 aromatic rings. The van der Waals surface area contributed by atoms with Gasteiger partial charge in [0, 0.05) is 6.42 Å². The van der Waals surface area contributed by atoms with E-state index in [0.717, 1.165) is 16.3 Å². The maximum absolute atomic E-state index is 13.6. The van der Waals surface area contributed by atoms with Gasteiger partial charge in [-0.25, -0.2) is 0 Å². The molecule has 0 fully saturated rings. The molecule has 7 nitrogen and oxygen atoms in total. The Morgan fingerprint density at radius 2 is 1.45 bits per heavy atom. The third-order valence-corrected chi connectivity index (χ3v) is 6.50. The highest BCUT2D eigenvalue weighted by Gasteiger charge is 2.82. The molecule has 0 spiro atoms. The third-order valence-electron chi connectivity index (χ3n) is 4.24. The minimum Gasteiger partial charge on any atom is -0.493 e. The molecule has 0 saturated carbocycles. The van der Waals surface area contributed by atoms with E-state index in [1.165, 1.54) is 0 Å². The first-order chi connectivity index (χ1) is 15.0. The molecule has 184 valence electrons. The SMILES string of the molecule is C=Cc1ccc2cc(OCCCOS(=O)(=O)C(F)(F)C(F)(F)C(F)(F)S(=O)(=O)O)ccc2c1. The van der Waals surface area contributed by atoms with Crippen LogP contribution in [0, 0.1) is 0 Å². The third kappa shape index (κ3) is 5.10. The van der Waals surface area contributed by atoms with Gasteiger partial charge in [0.25, 0.3) is 0 Å². The van der Waals surface area contributed by atoms with Crippen LogP contribution in [0.3, 0.4) is 0 Å². The number of hydrogen-bond acceptors (Lipinski definition) is 6. The van der Waals surface area contributed by atoms with Gasteiger partial charge in [-0.3, -0.25) is 8.74 Å². The number of fused-ring (bicyclic) bond motifs is 1. The largest absolute Gasteiger partial charge is 0.493 e. The van der Waals surface area contributed by atoms with E-state index in [1.807, 2.05) is 6.07 Å². The quantitative estimate of drug-likeness (QED) is 0.203. The molecule has 0 aliphatic carbocycles. The molecule has 2 aromatic carbocycles. The number of rotatable bonds is 11. The predicted molar refractivity (Wildman–Crippen MR) is 105 cm³/mol. The van der Waals surface area contributed by atoms with Crippen molar-refractivity contribution in [3.05, 3.63) is 48.5 Å². The summed E-state index contributed by atoms with van der Waals surface area (Å²) in [6.45, 7) is 2.12. The Morgan fingerprint density at radius 3 is 2.03 bits per heavy atom. The Labute approximate surface area is 184 Å². The molecule has 2 rings (SSSR count). The number of alkyl halides is 6. The monoisotopic (exact) mass is 522 g/mol. The van der Waals surface area contributed by atoms with E-state index >= 15 is 0 Å². The number of ether oxygens (including phenoxy) is 1. The Hall–Kier alpha value is -2.36. The van der Waals surface area contributed by atoms with Crippen molar-refractivity contribution < 1.29 is 56.7 Å². The average molecular weight is 522 g/mol. The van der Waals surface area contributed by atoms with E-state index in [4.69, 9.17) is 9.29 Å². The van der Waals surface area contributed by atoms with Crippen LogP contribution in [0.1, 0.15) is 12.0 Å². The molecule has 0 radical (unpaired) electrons. The summed E-state index contributed by atoms with van der Waals surface area (Å²) in [5.41, 5.74) is 0.867. The Morgan fingerprint density at radius 1 is 0.879 bits per heavy atom. The van der Waals surface area contributed by atoms with Gasteiger partial charge in [0.05, 0.1) is 13.2 Å². The zero-order valence-corrected chi connectivity index (χ0v) is 18.0. The molecule has 0 amide bonds. The van der Waals surface area contributed by atoms with Crippen molar-refractivity contribution in [1.82, 2.24) is 0 Å². The van der Waals surface area contributed by atoms with Crippen molar-refractivity contribution in [1.29, 1.82) is 0 Å². The van der Waals surface area contributed by atoms with Gasteiger partial charge in [-0.2, -0.15) is 43.2 Å². The Bertz CT molecular complexity index is 1240. The highest BCUT2D eigenvalue weighted by atomic mass is 32.2. The van der Waals surface area contributed by atoms with Gasteiger partial charge in [0.15, 0.2) is 0 Å². The summed E-state index contributed by atoms with van der Waals surface area (Å²) in [4.78, 5) is 0. The molecule has 0 aromatic heterocycles. The fraction of sp³-hybridized carbons (Fsp3) is 0.333. The molecule has 15 heteroatoms. The van der Waals surface area contributed by atoms with Gasteiger partial charge >= 0.3 is 36.7 Å². The van der Waals surface area contributed by atoms with Crippen LogP contribution in [0.5, 0.6) is 5.75 Å². The summed E-state index contributed by atoms with van der Waals surface area (Å²) in [6.07, 6.45) is 1.18. The molecule has 0 aliphatic heterocycles. The lowest BCUT2D eigenvalue weighted by Gasteiger charge is -2.29. The standard InChI is InChI=1S/C18H16F6O7S2/c1-2-12-4-5-14-11-15(7-6-13(14)10-12)30-8-3-9-31-33(28,29)18(23,24)16(19,20)17(21,22)32(25,26)27/h2,4-7,10-11H,1,3,8-9H2,(H,25,26,27). The van der Waals surface area contributed by atoms with Crippen molar-refractivity contribution in [3.63, 3.8) is 0 Å². The van der Waals surface area contributed by atoms with E-state index in [9.17, 15) is 43.2 Å². The fourth-order valence-electron chi connectivity index (χ4n) is 2.44. The lowest BCUT2D eigenvalue weighted by atomic mass is 10.1. The number of hydrogen-bond donors (Lipinski definition) is 1. The average Bonchev–Trinajstić information content (AvgIpc) is 2.71. The Balaban J connectivity index is 2.00. The van der Waals surface area contributed by atoms with Crippen LogP contribution in [0.4, 0.5) is 26.3 Å². The first-order valence-electron chi connectivity index (χ1n) is 8.76.